The first-order valence-corrected chi connectivity index (χ1v) is 7.15. The molecule has 0 radical (unpaired) electrons. The van der Waals surface area contributed by atoms with Crippen LogP contribution in [0.3, 0.4) is 0 Å². The van der Waals surface area contributed by atoms with Crippen molar-refractivity contribution in [3.63, 3.8) is 0 Å². The first-order valence-electron chi connectivity index (χ1n) is 7.15. The van der Waals surface area contributed by atoms with Crippen LogP contribution in [-0.2, 0) is 6.42 Å². The Morgan fingerprint density at radius 3 is 2.47 bits per heavy atom. The van der Waals surface area contributed by atoms with Crippen LogP contribution in [0.5, 0.6) is 0 Å². The number of nitrogens with zero attached hydrogens (tertiary/aromatic N) is 1. The fourth-order valence-electron chi connectivity index (χ4n) is 2.40. The van der Waals surface area contributed by atoms with E-state index in [4.69, 9.17) is 0 Å². The van der Waals surface area contributed by atoms with Crippen LogP contribution in [0.4, 0.5) is 0 Å². The van der Waals surface area contributed by atoms with Crippen LogP contribution in [0.25, 0.3) is 0 Å². The largest absolute Gasteiger partial charge is 0.339 e. The van der Waals surface area contributed by atoms with Gasteiger partial charge in [-0.2, -0.15) is 0 Å². The summed E-state index contributed by atoms with van der Waals surface area (Å²) in [7, 11) is 3.84. The van der Waals surface area contributed by atoms with Gasteiger partial charge in [-0.3, -0.25) is 4.79 Å². The van der Waals surface area contributed by atoms with Gasteiger partial charge in [-0.1, -0.05) is 32.0 Å². The molecule has 106 valence electrons. The van der Waals surface area contributed by atoms with E-state index in [1.807, 2.05) is 43.3 Å². The van der Waals surface area contributed by atoms with E-state index in [1.165, 1.54) is 0 Å². The van der Waals surface area contributed by atoms with Crippen molar-refractivity contribution in [2.24, 2.45) is 0 Å². The third-order valence-corrected chi connectivity index (χ3v) is 3.70. The lowest BCUT2D eigenvalue weighted by atomic mass is 10.0. The molecule has 0 saturated carbocycles. The van der Waals surface area contributed by atoms with Gasteiger partial charge in [0.2, 0.25) is 0 Å². The van der Waals surface area contributed by atoms with Crippen LogP contribution in [0, 0.1) is 0 Å². The lowest BCUT2D eigenvalue weighted by Gasteiger charge is -2.27. The molecule has 0 aliphatic rings. The lowest BCUT2D eigenvalue weighted by molar-refractivity contribution is 0.0722. The van der Waals surface area contributed by atoms with Crippen molar-refractivity contribution in [2.45, 2.75) is 39.2 Å². The van der Waals surface area contributed by atoms with E-state index in [-0.39, 0.29) is 5.91 Å². The second kappa shape index (κ2) is 7.95. The van der Waals surface area contributed by atoms with E-state index in [0.717, 1.165) is 36.9 Å². The predicted molar refractivity (Wildman–Crippen MR) is 80.5 cm³/mol. The van der Waals surface area contributed by atoms with Gasteiger partial charge in [-0.05, 0) is 44.5 Å². The average Bonchev–Trinajstić information content (AvgIpc) is 2.45. The highest BCUT2D eigenvalue weighted by molar-refractivity contribution is 5.95. The molecule has 1 aromatic carbocycles. The van der Waals surface area contributed by atoms with Gasteiger partial charge in [0, 0.05) is 18.7 Å². The molecule has 0 atom stereocenters. The average molecular weight is 262 g/mol. The Morgan fingerprint density at radius 2 is 1.89 bits per heavy atom. The molecule has 0 unspecified atom stereocenters. The zero-order valence-corrected chi connectivity index (χ0v) is 12.6. The van der Waals surface area contributed by atoms with E-state index in [1.54, 1.807) is 0 Å². The summed E-state index contributed by atoms with van der Waals surface area (Å²) in [5.74, 6) is 0.139. The summed E-state index contributed by atoms with van der Waals surface area (Å²) in [6.07, 6.45) is 2.88. The number of likely N-dealkylation sites (N-methyl/N-ethyl adjacent to an activating group) is 1. The van der Waals surface area contributed by atoms with Crippen molar-refractivity contribution in [1.82, 2.24) is 10.2 Å². The number of hydrogen-bond donors (Lipinski definition) is 1. The number of benzene rings is 1. The van der Waals surface area contributed by atoms with Crippen molar-refractivity contribution in [3.8, 4) is 0 Å². The van der Waals surface area contributed by atoms with Gasteiger partial charge in [-0.15, -0.1) is 0 Å². The second-order valence-corrected chi connectivity index (χ2v) is 4.90. The molecule has 0 fully saturated rings. The van der Waals surface area contributed by atoms with Gasteiger partial charge >= 0.3 is 0 Å². The van der Waals surface area contributed by atoms with Crippen molar-refractivity contribution in [2.75, 3.05) is 20.6 Å². The highest BCUT2D eigenvalue weighted by atomic mass is 16.2. The minimum atomic E-state index is 0.139. The van der Waals surface area contributed by atoms with Crippen molar-refractivity contribution < 1.29 is 4.79 Å². The molecule has 1 rings (SSSR count). The molecule has 19 heavy (non-hydrogen) atoms. The first-order chi connectivity index (χ1) is 9.15. The summed E-state index contributed by atoms with van der Waals surface area (Å²) in [4.78, 5) is 14.5. The zero-order valence-electron chi connectivity index (χ0n) is 12.6. The summed E-state index contributed by atoms with van der Waals surface area (Å²) < 4.78 is 0. The smallest absolute Gasteiger partial charge is 0.254 e. The maximum absolute atomic E-state index is 12.6. The van der Waals surface area contributed by atoms with Gasteiger partial charge in [0.25, 0.3) is 5.91 Å². The van der Waals surface area contributed by atoms with Gasteiger partial charge in [-0.25, -0.2) is 0 Å². The molecule has 3 heteroatoms. The normalized spacial score (nSPS) is 10.8. The maximum Gasteiger partial charge on any atom is 0.254 e. The number of carbonyl (C=O) groups is 1. The minimum absolute atomic E-state index is 0.139. The highest BCUT2D eigenvalue weighted by Crippen LogP contribution is 2.15. The number of amides is 1. The van der Waals surface area contributed by atoms with E-state index >= 15 is 0 Å². The van der Waals surface area contributed by atoms with Crippen molar-refractivity contribution in [3.05, 3.63) is 35.4 Å². The molecular weight excluding hydrogens is 236 g/mol. The Bertz CT molecular complexity index is 399. The fraction of sp³-hybridized carbons (Fsp3) is 0.562. The molecule has 0 bridgehead atoms. The first kappa shape index (κ1) is 15.7. The predicted octanol–water partition coefficient (Wildman–Crippen LogP) is 2.71. The summed E-state index contributed by atoms with van der Waals surface area (Å²) in [5.41, 5.74) is 1.96. The topological polar surface area (TPSA) is 32.3 Å². The molecule has 0 saturated heterocycles. The monoisotopic (exact) mass is 262 g/mol. The summed E-state index contributed by atoms with van der Waals surface area (Å²) in [6.45, 7) is 5.15. The molecule has 0 aromatic heterocycles. The van der Waals surface area contributed by atoms with Crippen LogP contribution < -0.4 is 5.32 Å². The summed E-state index contributed by atoms with van der Waals surface area (Å²) >= 11 is 0. The van der Waals surface area contributed by atoms with Gasteiger partial charge in [0.05, 0.1) is 0 Å². The maximum atomic E-state index is 12.6. The molecule has 0 aliphatic heterocycles. The third kappa shape index (κ3) is 4.06. The molecule has 1 amide bonds. The van der Waals surface area contributed by atoms with Crippen LogP contribution in [-0.4, -0.2) is 37.5 Å². The molecule has 1 aromatic rings. The quantitative estimate of drug-likeness (QED) is 0.819. The number of hydrogen-bond acceptors (Lipinski definition) is 2. The fourth-order valence-corrected chi connectivity index (χ4v) is 2.40. The number of nitrogens with one attached hydrogen (secondary N) is 1. The third-order valence-electron chi connectivity index (χ3n) is 3.70. The van der Waals surface area contributed by atoms with Crippen LogP contribution in [0.1, 0.15) is 42.6 Å². The SMILES string of the molecule is CCC(CC)N(C)C(=O)c1ccccc1CCNC. The van der Waals surface area contributed by atoms with Gasteiger partial charge < -0.3 is 10.2 Å². The highest BCUT2D eigenvalue weighted by Gasteiger charge is 2.20. The number of rotatable bonds is 7. The Morgan fingerprint density at radius 1 is 1.26 bits per heavy atom. The van der Waals surface area contributed by atoms with E-state index in [0.29, 0.717) is 6.04 Å². The molecule has 0 aliphatic carbocycles. The van der Waals surface area contributed by atoms with Gasteiger partial charge in [0.1, 0.15) is 0 Å². The Hall–Kier alpha value is -1.35. The van der Waals surface area contributed by atoms with E-state index in [2.05, 4.69) is 19.2 Å². The van der Waals surface area contributed by atoms with E-state index in [9.17, 15) is 4.79 Å². The Labute approximate surface area is 117 Å². The second-order valence-electron chi connectivity index (χ2n) is 4.90. The summed E-state index contributed by atoms with van der Waals surface area (Å²) in [5, 5.41) is 3.13. The summed E-state index contributed by atoms with van der Waals surface area (Å²) in [6, 6.07) is 8.25. The standard InChI is InChI=1S/C16H26N2O/c1-5-14(6-2)18(4)16(19)15-10-8-7-9-13(15)11-12-17-3/h7-10,14,17H,5-6,11-12H2,1-4H3. The van der Waals surface area contributed by atoms with E-state index < -0.39 is 0 Å². The molecule has 0 spiro atoms. The van der Waals surface area contributed by atoms with Crippen molar-refractivity contribution >= 4 is 5.91 Å². The zero-order chi connectivity index (χ0) is 14.3. The molecular formula is C16H26N2O. The molecule has 3 nitrogen and oxygen atoms in total. The molecule has 1 N–H and O–H groups in total. The minimum Gasteiger partial charge on any atom is -0.339 e. The Balaban J connectivity index is 2.92. The van der Waals surface area contributed by atoms with Crippen LogP contribution in [0.2, 0.25) is 0 Å². The van der Waals surface area contributed by atoms with Gasteiger partial charge in [0.15, 0.2) is 0 Å². The lowest BCUT2D eigenvalue weighted by Crippen LogP contribution is -2.36. The number of carbonyl (C=O) groups excluding carboxylic acids is 1. The van der Waals surface area contributed by atoms with Crippen LogP contribution >= 0.6 is 0 Å². The van der Waals surface area contributed by atoms with Crippen molar-refractivity contribution in [1.29, 1.82) is 0 Å². The van der Waals surface area contributed by atoms with Crippen LogP contribution in [0.15, 0.2) is 24.3 Å². The molecule has 0 heterocycles. The Kier molecular flexibility index (Phi) is 6.57.